The van der Waals surface area contributed by atoms with Crippen LogP contribution < -0.4 is 0 Å². The van der Waals surface area contributed by atoms with E-state index in [2.05, 4.69) is 22.6 Å². The van der Waals surface area contributed by atoms with Crippen LogP contribution in [0.15, 0.2) is 12.2 Å². The van der Waals surface area contributed by atoms with Gasteiger partial charge in [-0.1, -0.05) is 28.7 Å². The van der Waals surface area contributed by atoms with E-state index < -0.39 is 0 Å². The molecular weight excluding hydrogens is 323 g/mol. The summed E-state index contributed by atoms with van der Waals surface area (Å²) in [5.41, 5.74) is 0. The smallest absolute Gasteiger partial charge is 0.330 e. The fourth-order valence-corrected chi connectivity index (χ4v) is 1.67. The van der Waals surface area contributed by atoms with Gasteiger partial charge in [0.05, 0.1) is 6.61 Å². The summed E-state index contributed by atoms with van der Waals surface area (Å²) in [6.45, 7) is 3.54. The van der Waals surface area contributed by atoms with Gasteiger partial charge in [0.25, 0.3) is 0 Å². The molecule has 0 aliphatic rings. The molecule has 92 valence electrons. The van der Waals surface area contributed by atoms with Crippen LogP contribution in [0.2, 0.25) is 0 Å². The van der Waals surface area contributed by atoms with Gasteiger partial charge in [0.1, 0.15) is 6.10 Å². The molecule has 0 saturated carbocycles. The largest absolute Gasteiger partial charge is 0.463 e. The second-order valence-electron chi connectivity index (χ2n) is 3.12. The van der Waals surface area contributed by atoms with Crippen molar-refractivity contribution in [2.45, 2.75) is 32.8 Å². The second kappa shape index (κ2) is 9.62. The maximum atomic E-state index is 10.9. The van der Waals surface area contributed by atoms with Crippen LogP contribution in [0.4, 0.5) is 0 Å². The molecule has 1 unspecified atom stereocenters. The molecule has 0 aromatic rings. The minimum Gasteiger partial charge on any atom is -0.463 e. The number of carbonyl (C=O) groups is 2. The molecule has 0 aliphatic heterocycles. The molecule has 1 atom stereocenters. The number of hydrogen-bond donors (Lipinski definition) is 0. The highest BCUT2D eigenvalue weighted by atomic mass is 127. The Kier molecular flexibility index (Phi) is 9.27. The van der Waals surface area contributed by atoms with Gasteiger partial charge in [-0.25, -0.2) is 4.79 Å². The summed E-state index contributed by atoms with van der Waals surface area (Å²) in [5, 5.41) is 0. The number of carbonyl (C=O) groups excluding carboxylic acids is 2. The van der Waals surface area contributed by atoms with Crippen molar-refractivity contribution in [3.05, 3.63) is 12.2 Å². The van der Waals surface area contributed by atoms with Crippen LogP contribution in [-0.4, -0.2) is 29.1 Å². The van der Waals surface area contributed by atoms with E-state index in [1.54, 1.807) is 13.0 Å². The number of hydrogen-bond acceptors (Lipinski definition) is 4. The molecule has 0 spiro atoms. The predicted molar refractivity (Wildman–Crippen MR) is 69.4 cm³/mol. The lowest BCUT2D eigenvalue weighted by Gasteiger charge is -2.12. The van der Waals surface area contributed by atoms with Crippen LogP contribution >= 0.6 is 22.6 Å². The Hall–Kier alpha value is -0.590. The predicted octanol–water partition coefficient (Wildman–Crippen LogP) is 2.25. The van der Waals surface area contributed by atoms with Gasteiger partial charge < -0.3 is 9.47 Å². The maximum Gasteiger partial charge on any atom is 0.330 e. The van der Waals surface area contributed by atoms with Gasteiger partial charge in [-0.05, 0) is 19.8 Å². The highest BCUT2D eigenvalue weighted by Gasteiger charge is 2.08. The zero-order valence-corrected chi connectivity index (χ0v) is 11.7. The third-order valence-corrected chi connectivity index (χ3v) is 2.68. The summed E-state index contributed by atoms with van der Waals surface area (Å²) in [6.07, 6.45) is 4.48. The number of rotatable bonds is 7. The lowest BCUT2D eigenvalue weighted by Crippen LogP contribution is -2.17. The molecule has 0 N–H and O–H groups in total. The Morgan fingerprint density at radius 1 is 1.44 bits per heavy atom. The Balaban J connectivity index is 3.77. The third-order valence-electron chi connectivity index (χ3n) is 1.70. The zero-order chi connectivity index (χ0) is 12.4. The Morgan fingerprint density at radius 2 is 2.12 bits per heavy atom. The van der Waals surface area contributed by atoms with Crippen molar-refractivity contribution in [3.63, 3.8) is 0 Å². The van der Waals surface area contributed by atoms with Crippen molar-refractivity contribution in [2.75, 3.05) is 11.0 Å². The van der Waals surface area contributed by atoms with E-state index >= 15 is 0 Å². The monoisotopic (exact) mass is 340 g/mol. The minimum absolute atomic E-state index is 0.0788. The van der Waals surface area contributed by atoms with E-state index in [0.29, 0.717) is 13.0 Å². The van der Waals surface area contributed by atoms with Crippen LogP contribution in [-0.2, 0) is 19.1 Å². The number of alkyl halides is 1. The molecular formula is C11H17IO4. The molecule has 0 heterocycles. The van der Waals surface area contributed by atoms with E-state index in [0.717, 1.165) is 10.8 Å². The van der Waals surface area contributed by atoms with Crippen LogP contribution in [0, 0.1) is 0 Å². The van der Waals surface area contributed by atoms with Gasteiger partial charge in [0.2, 0.25) is 0 Å². The number of esters is 2. The summed E-state index contributed by atoms with van der Waals surface area (Å²) in [5.74, 6) is -0.600. The molecule has 0 radical (unpaired) electrons. The molecule has 16 heavy (non-hydrogen) atoms. The van der Waals surface area contributed by atoms with Crippen LogP contribution in [0.25, 0.3) is 0 Å². The first-order valence-corrected chi connectivity index (χ1v) is 6.69. The highest BCUT2D eigenvalue weighted by Crippen LogP contribution is 2.07. The summed E-state index contributed by atoms with van der Waals surface area (Å²) >= 11 is 2.17. The van der Waals surface area contributed by atoms with Crippen LogP contribution in [0.5, 0.6) is 0 Å². The van der Waals surface area contributed by atoms with Gasteiger partial charge in [0.15, 0.2) is 0 Å². The fourth-order valence-electron chi connectivity index (χ4n) is 1.05. The highest BCUT2D eigenvalue weighted by molar-refractivity contribution is 14.1. The van der Waals surface area contributed by atoms with Gasteiger partial charge in [-0.3, -0.25) is 4.79 Å². The van der Waals surface area contributed by atoms with Crippen molar-refractivity contribution in [1.82, 2.24) is 0 Å². The maximum absolute atomic E-state index is 10.9. The van der Waals surface area contributed by atoms with Crippen LogP contribution in [0.1, 0.15) is 26.7 Å². The standard InChI is InChI=1S/C11H17IO4/c1-3-15-11(14)7-5-4-6-10(8-12)16-9(2)13/h5,7,10H,3-4,6,8H2,1-2H3/b7-5+. The molecule has 0 aromatic carbocycles. The second-order valence-corrected chi connectivity index (χ2v) is 4.00. The first kappa shape index (κ1) is 15.4. The summed E-state index contributed by atoms with van der Waals surface area (Å²) < 4.78 is 10.5. The number of halogens is 1. The van der Waals surface area contributed by atoms with E-state index in [-0.39, 0.29) is 18.0 Å². The Bertz CT molecular complexity index is 250. The summed E-state index contributed by atoms with van der Waals surface area (Å²) in [6, 6.07) is 0. The molecule has 0 bridgehead atoms. The SMILES string of the molecule is CCOC(=O)/C=C/CCC(CI)OC(C)=O. The van der Waals surface area contributed by atoms with Crippen molar-refractivity contribution in [3.8, 4) is 0 Å². The van der Waals surface area contributed by atoms with Crippen molar-refractivity contribution >= 4 is 34.5 Å². The lowest BCUT2D eigenvalue weighted by molar-refractivity contribution is -0.145. The summed E-state index contributed by atoms with van der Waals surface area (Å²) in [4.78, 5) is 21.7. The molecule has 5 heteroatoms. The van der Waals surface area contributed by atoms with E-state index in [1.165, 1.54) is 13.0 Å². The summed E-state index contributed by atoms with van der Waals surface area (Å²) in [7, 11) is 0. The van der Waals surface area contributed by atoms with E-state index in [9.17, 15) is 9.59 Å². The molecule has 0 aromatic heterocycles. The lowest BCUT2D eigenvalue weighted by atomic mass is 10.2. The number of allylic oxidation sites excluding steroid dienone is 1. The first-order chi connectivity index (χ1) is 7.60. The van der Waals surface area contributed by atoms with E-state index in [1.807, 2.05) is 0 Å². The minimum atomic E-state index is -0.332. The normalized spacial score (nSPS) is 12.4. The van der Waals surface area contributed by atoms with E-state index in [4.69, 9.17) is 9.47 Å². The topological polar surface area (TPSA) is 52.6 Å². The molecule has 0 fully saturated rings. The molecule has 0 amide bonds. The molecule has 4 nitrogen and oxygen atoms in total. The van der Waals surface area contributed by atoms with Gasteiger partial charge in [-0.15, -0.1) is 0 Å². The molecule has 0 rings (SSSR count). The Labute approximate surface area is 110 Å². The average Bonchev–Trinajstić information content (AvgIpc) is 2.22. The van der Waals surface area contributed by atoms with Crippen molar-refractivity contribution in [1.29, 1.82) is 0 Å². The average molecular weight is 340 g/mol. The van der Waals surface area contributed by atoms with Crippen LogP contribution in [0.3, 0.4) is 0 Å². The first-order valence-electron chi connectivity index (χ1n) is 5.16. The zero-order valence-electron chi connectivity index (χ0n) is 9.57. The molecule has 0 saturated heterocycles. The third kappa shape index (κ3) is 8.70. The van der Waals surface area contributed by atoms with Gasteiger partial charge in [-0.2, -0.15) is 0 Å². The van der Waals surface area contributed by atoms with Crippen molar-refractivity contribution < 1.29 is 19.1 Å². The van der Waals surface area contributed by atoms with Gasteiger partial charge >= 0.3 is 11.9 Å². The van der Waals surface area contributed by atoms with Crippen molar-refractivity contribution in [2.24, 2.45) is 0 Å². The van der Waals surface area contributed by atoms with Gasteiger partial charge in [0, 0.05) is 17.4 Å². The molecule has 0 aliphatic carbocycles. The quantitative estimate of drug-likeness (QED) is 0.309. The fraction of sp³-hybridized carbons (Fsp3) is 0.636. The Morgan fingerprint density at radius 3 is 2.62 bits per heavy atom. The number of ether oxygens (including phenoxy) is 2.